The van der Waals surface area contributed by atoms with E-state index in [1.165, 1.54) is 44.9 Å². The van der Waals surface area contributed by atoms with Crippen LogP contribution < -0.4 is 0 Å². The highest BCUT2D eigenvalue weighted by molar-refractivity contribution is 4.50. The quantitative estimate of drug-likeness (QED) is 0.288. The summed E-state index contributed by atoms with van der Waals surface area (Å²) in [7, 11) is 0. The Morgan fingerprint density at radius 3 is 2.07 bits per heavy atom. The first-order chi connectivity index (χ1) is 7.31. The number of unbranched alkanes of at least 4 members (excludes halogenated alkanes) is 6. The first-order valence-corrected chi connectivity index (χ1v) is 6.59. The van der Waals surface area contributed by atoms with Crippen LogP contribution in [-0.2, 0) is 9.78 Å². The monoisotopic (exact) mass is 216 g/mol. The Hall–Kier alpha value is -0.0800. The van der Waals surface area contributed by atoms with E-state index in [1.54, 1.807) is 0 Å². The molecule has 1 atom stereocenters. The third-order valence-corrected chi connectivity index (χ3v) is 2.56. The summed E-state index contributed by atoms with van der Waals surface area (Å²) >= 11 is 0. The number of hydrogen-bond donors (Lipinski definition) is 0. The van der Waals surface area contributed by atoms with E-state index in [-0.39, 0.29) is 6.10 Å². The van der Waals surface area contributed by atoms with E-state index in [2.05, 4.69) is 13.8 Å². The molecule has 0 rings (SSSR count). The molecule has 0 saturated carbocycles. The van der Waals surface area contributed by atoms with E-state index < -0.39 is 0 Å². The molecule has 0 heterocycles. The first-order valence-electron chi connectivity index (χ1n) is 6.59. The lowest BCUT2D eigenvalue weighted by atomic mass is 10.1. The van der Waals surface area contributed by atoms with Gasteiger partial charge in [0.1, 0.15) is 0 Å². The van der Waals surface area contributed by atoms with Crippen molar-refractivity contribution in [2.45, 2.75) is 78.2 Å². The normalized spacial score (nSPS) is 13.0. The highest BCUT2D eigenvalue weighted by atomic mass is 17.2. The van der Waals surface area contributed by atoms with Gasteiger partial charge in [0.25, 0.3) is 0 Å². The molecular weight excluding hydrogens is 188 g/mol. The van der Waals surface area contributed by atoms with Crippen LogP contribution in [0.4, 0.5) is 0 Å². The Labute approximate surface area is 95.3 Å². The predicted octanol–water partition coefficient (Wildman–Crippen LogP) is 4.48. The van der Waals surface area contributed by atoms with Gasteiger partial charge in [-0.05, 0) is 20.3 Å². The Balaban J connectivity index is 3.02. The van der Waals surface area contributed by atoms with Crippen molar-refractivity contribution in [3.63, 3.8) is 0 Å². The lowest BCUT2D eigenvalue weighted by molar-refractivity contribution is -0.318. The van der Waals surface area contributed by atoms with Gasteiger partial charge in [-0.3, -0.25) is 0 Å². The van der Waals surface area contributed by atoms with Crippen molar-refractivity contribution in [3.8, 4) is 0 Å². The first kappa shape index (κ1) is 14.9. The van der Waals surface area contributed by atoms with Gasteiger partial charge in [0.05, 0.1) is 12.7 Å². The van der Waals surface area contributed by atoms with Crippen LogP contribution in [0.3, 0.4) is 0 Å². The van der Waals surface area contributed by atoms with Crippen molar-refractivity contribution < 1.29 is 9.78 Å². The van der Waals surface area contributed by atoms with Crippen LogP contribution in [0.15, 0.2) is 0 Å². The van der Waals surface area contributed by atoms with Gasteiger partial charge in [-0.25, -0.2) is 9.78 Å². The summed E-state index contributed by atoms with van der Waals surface area (Å²) in [5, 5.41) is 0. The molecule has 0 aromatic heterocycles. The number of hydrogen-bond acceptors (Lipinski definition) is 2. The minimum absolute atomic E-state index is 0.251. The van der Waals surface area contributed by atoms with E-state index in [0.717, 1.165) is 6.42 Å². The zero-order valence-corrected chi connectivity index (χ0v) is 10.8. The summed E-state index contributed by atoms with van der Waals surface area (Å²) in [6.07, 6.45) is 10.9. The van der Waals surface area contributed by atoms with Gasteiger partial charge in [-0.1, -0.05) is 51.9 Å². The van der Waals surface area contributed by atoms with Gasteiger partial charge < -0.3 is 0 Å². The van der Waals surface area contributed by atoms with Gasteiger partial charge in [0.15, 0.2) is 0 Å². The molecule has 0 aliphatic carbocycles. The fourth-order valence-corrected chi connectivity index (χ4v) is 1.62. The lowest BCUT2D eigenvalue weighted by Gasteiger charge is -2.10. The summed E-state index contributed by atoms with van der Waals surface area (Å²) < 4.78 is 0. The lowest BCUT2D eigenvalue weighted by Crippen LogP contribution is -2.08. The smallest absolute Gasteiger partial charge is 0.0901 e. The molecular formula is C13H28O2. The van der Waals surface area contributed by atoms with Gasteiger partial charge in [-0.2, -0.15) is 0 Å². The second kappa shape index (κ2) is 12.0. The second-order valence-electron chi connectivity index (χ2n) is 4.22. The van der Waals surface area contributed by atoms with E-state index in [4.69, 9.17) is 9.78 Å². The topological polar surface area (TPSA) is 18.5 Å². The second-order valence-corrected chi connectivity index (χ2v) is 4.22. The van der Waals surface area contributed by atoms with Gasteiger partial charge in [0, 0.05) is 0 Å². The van der Waals surface area contributed by atoms with Crippen LogP contribution in [-0.4, -0.2) is 12.7 Å². The van der Waals surface area contributed by atoms with Crippen molar-refractivity contribution in [2.24, 2.45) is 0 Å². The molecule has 0 radical (unpaired) electrons. The van der Waals surface area contributed by atoms with Crippen LogP contribution >= 0.6 is 0 Å². The standard InChI is InChI=1S/C13H28O2/c1-4-6-7-8-9-10-11-12-13(3)15-14-5-2/h13H,4-12H2,1-3H3. The van der Waals surface area contributed by atoms with Crippen molar-refractivity contribution in [1.29, 1.82) is 0 Å². The highest BCUT2D eigenvalue weighted by Crippen LogP contribution is 2.10. The molecule has 0 aromatic carbocycles. The molecule has 92 valence electrons. The Kier molecular flexibility index (Phi) is 11.9. The molecule has 0 bridgehead atoms. The van der Waals surface area contributed by atoms with Crippen LogP contribution in [0, 0.1) is 0 Å². The molecule has 2 nitrogen and oxygen atoms in total. The maximum Gasteiger partial charge on any atom is 0.0901 e. The zero-order chi connectivity index (χ0) is 11.4. The average molecular weight is 216 g/mol. The van der Waals surface area contributed by atoms with Crippen LogP contribution in [0.25, 0.3) is 0 Å². The fourth-order valence-electron chi connectivity index (χ4n) is 1.62. The zero-order valence-electron chi connectivity index (χ0n) is 10.8. The van der Waals surface area contributed by atoms with Crippen molar-refractivity contribution in [3.05, 3.63) is 0 Å². The van der Waals surface area contributed by atoms with Gasteiger partial charge in [-0.15, -0.1) is 0 Å². The van der Waals surface area contributed by atoms with E-state index in [1.807, 2.05) is 6.92 Å². The maximum atomic E-state index is 5.14. The van der Waals surface area contributed by atoms with Crippen LogP contribution in [0.2, 0.25) is 0 Å². The molecule has 0 amide bonds. The minimum Gasteiger partial charge on any atom is -0.237 e. The van der Waals surface area contributed by atoms with Gasteiger partial charge in [0.2, 0.25) is 0 Å². The van der Waals surface area contributed by atoms with E-state index in [0.29, 0.717) is 6.61 Å². The van der Waals surface area contributed by atoms with Gasteiger partial charge >= 0.3 is 0 Å². The molecule has 0 aliphatic rings. The third-order valence-electron chi connectivity index (χ3n) is 2.56. The Morgan fingerprint density at radius 2 is 1.47 bits per heavy atom. The predicted molar refractivity (Wildman–Crippen MR) is 64.8 cm³/mol. The van der Waals surface area contributed by atoms with Crippen molar-refractivity contribution >= 4 is 0 Å². The van der Waals surface area contributed by atoms with Crippen LogP contribution in [0.5, 0.6) is 0 Å². The molecule has 0 N–H and O–H groups in total. The summed E-state index contributed by atoms with van der Waals surface area (Å²) in [6.45, 7) is 6.92. The molecule has 0 fully saturated rings. The largest absolute Gasteiger partial charge is 0.237 e. The molecule has 0 aliphatic heterocycles. The molecule has 1 unspecified atom stereocenters. The summed E-state index contributed by atoms with van der Waals surface area (Å²) in [6, 6.07) is 0. The number of rotatable bonds is 11. The molecule has 0 saturated heterocycles. The molecule has 0 spiro atoms. The third kappa shape index (κ3) is 11.8. The SMILES string of the molecule is CCCCCCCCCC(C)OOCC. The van der Waals surface area contributed by atoms with E-state index in [9.17, 15) is 0 Å². The Bertz CT molecular complexity index is 115. The van der Waals surface area contributed by atoms with Crippen LogP contribution in [0.1, 0.15) is 72.1 Å². The van der Waals surface area contributed by atoms with E-state index >= 15 is 0 Å². The molecule has 0 aromatic rings. The van der Waals surface area contributed by atoms with Crippen molar-refractivity contribution in [1.82, 2.24) is 0 Å². The molecule has 2 heteroatoms. The summed E-state index contributed by atoms with van der Waals surface area (Å²) in [4.78, 5) is 10.0. The fraction of sp³-hybridized carbons (Fsp3) is 1.00. The summed E-state index contributed by atoms with van der Waals surface area (Å²) in [5.74, 6) is 0. The molecule has 15 heavy (non-hydrogen) atoms. The van der Waals surface area contributed by atoms with Crippen molar-refractivity contribution in [2.75, 3.05) is 6.61 Å². The minimum atomic E-state index is 0.251. The average Bonchev–Trinajstić information content (AvgIpc) is 2.25. The summed E-state index contributed by atoms with van der Waals surface area (Å²) in [5.41, 5.74) is 0. The maximum absolute atomic E-state index is 5.14. The highest BCUT2D eigenvalue weighted by Gasteiger charge is 2.01. The Morgan fingerprint density at radius 1 is 0.867 bits per heavy atom.